The summed E-state index contributed by atoms with van der Waals surface area (Å²) in [5, 5.41) is 5.59. The first-order chi connectivity index (χ1) is 19.7. The minimum atomic E-state index is -0.557. The number of nitrogens with zero attached hydrogens (tertiary/aromatic N) is 4. The molecule has 0 radical (unpaired) electrons. The third-order valence-corrected chi connectivity index (χ3v) is 9.06. The van der Waals surface area contributed by atoms with Gasteiger partial charge in [-0.05, 0) is 55.7 Å². The molecule has 9 nitrogen and oxygen atoms in total. The van der Waals surface area contributed by atoms with E-state index < -0.39 is 6.04 Å². The fraction of sp³-hybridized carbons (Fsp3) is 0.710. The van der Waals surface area contributed by atoms with Crippen molar-refractivity contribution >= 4 is 29.3 Å². The van der Waals surface area contributed by atoms with E-state index in [0.717, 1.165) is 76.8 Å². The molecule has 1 aliphatic carbocycles. The highest BCUT2D eigenvalue weighted by Crippen LogP contribution is 2.24. The first kappa shape index (κ1) is 31.7. The second-order valence-corrected chi connectivity index (χ2v) is 12.8. The van der Waals surface area contributed by atoms with E-state index in [1.165, 1.54) is 6.42 Å². The highest BCUT2D eigenvalue weighted by atomic mass is 35.5. The number of piperazine rings is 1. The van der Waals surface area contributed by atoms with Crippen LogP contribution in [0.4, 0.5) is 0 Å². The molecule has 0 aromatic heterocycles. The second-order valence-electron chi connectivity index (χ2n) is 12.4. The predicted octanol–water partition coefficient (Wildman–Crippen LogP) is 3.48. The number of benzene rings is 1. The standard InChI is InChI=1S/C31H49ClN6O3/c1-23(2)22-38(28-13-15-35(16-14-28)24(3)39)37-19-17-36(18-20-37)31(41)29(21-25-9-11-27(32)12-10-25)33-34-30(40)26-7-5-4-6-8-26/h9-12,23,26,28-29,33H,4-8,13-22H2,1-3H3,(H,34,40)/t29-/m1/s1. The Bertz CT molecular complexity index is 1000. The lowest BCUT2D eigenvalue weighted by Gasteiger charge is -2.47. The summed E-state index contributed by atoms with van der Waals surface area (Å²) in [6, 6.07) is 7.39. The van der Waals surface area contributed by atoms with Gasteiger partial charge in [-0.2, -0.15) is 0 Å². The van der Waals surface area contributed by atoms with Gasteiger partial charge in [-0.3, -0.25) is 19.8 Å². The molecule has 4 rings (SSSR count). The maximum absolute atomic E-state index is 13.8. The van der Waals surface area contributed by atoms with Crippen LogP contribution in [0.1, 0.15) is 71.3 Å². The number of nitrogens with one attached hydrogen (secondary N) is 2. The van der Waals surface area contributed by atoms with Gasteiger partial charge in [0.05, 0.1) is 0 Å². The number of hydrogen-bond donors (Lipinski definition) is 2. The van der Waals surface area contributed by atoms with Gasteiger partial charge >= 0.3 is 0 Å². The minimum absolute atomic E-state index is 0.00807. The van der Waals surface area contributed by atoms with Crippen LogP contribution in [-0.4, -0.2) is 95.4 Å². The lowest BCUT2D eigenvalue weighted by molar-refractivity contribution is -0.145. The van der Waals surface area contributed by atoms with Crippen molar-refractivity contribution in [2.45, 2.75) is 84.2 Å². The largest absolute Gasteiger partial charge is 0.343 e. The van der Waals surface area contributed by atoms with E-state index in [9.17, 15) is 14.4 Å². The van der Waals surface area contributed by atoms with Crippen molar-refractivity contribution < 1.29 is 14.4 Å². The van der Waals surface area contributed by atoms with Crippen molar-refractivity contribution in [3.05, 3.63) is 34.9 Å². The molecule has 1 aromatic rings. The van der Waals surface area contributed by atoms with Gasteiger partial charge in [0.2, 0.25) is 17.7 Å². The molecular weight excluding hydrogens is 540 g/mol. The molecule has 3 amide bonds. The second kappa shape index (κ2) is 15.3. The summed E-state index contributed by atoms with van der Waals surface area (Å²) in [6.45, 7) is 11.5. The van der Waals surface area contributed by atoms with Crippen molar-refractivity contribution in [2.75, 3.05) is 45.8 Å². The molecule has 1 aromatic carbocycles. The number of piperidine rings is 1. The molecule has 1 atom stereocenters. The van der Waals surface area contributed by atoms with E-state index in [1.54, 1.807) is 6.92 Å². The molecule has 0 bridgehead atoms. The van der Waals surface area contributed by atoms with Gasteiger partial charge in [-0.15, -0.1) is 0 Å². The molecule has 2 N–H and O–H groups in total. The van der Waals surface area contributed by atoms with Crippen LogP contribution in [-0.2, 0) is 20.8 Å². The Kier molecular flexibility index (Phi) is 11.9. The number of halogens is 1. The molecule has 2 heterocycles. The van der Waals surface area contributed by atoms with Crippen LogP contribution >= 0.6 is 11.6 Å². The summed E-state index contributed by atoms with van der Waals surface area (Å²) in [7, 11) is 0. The number of likely N-dealkylation sites (tertiary alicyclic amines) is 1. The van der Waals surface area contributed by atoms with Crippen molar-refractivity contribution in [1.29, 1.82) is 0 Å². The number of amides is 3. The first-order valence-corrected chi connectivity index (χ1v) is 15.9. The zero-order valence-corrected chi connectivity index (χ0v) is 25.9. The molecular formula is C31H49ClN6O3. The topological polar surface area (TPSA) is 88.2 Å². The zero-order chi connectivity index (χ0) is 29.4. The number of carbonyl (C=O) groups is 3. The molecule has 41 heavy (non-hydrogen) atoms. The van der Waals surface area contributed by atoms with Crippen molar-refractivity contribution in [3.8, 4) is 0 Å². The van der Waals surface area contributed by atoms with Gasteiger partial charge in [0, 0.05) is 69.7 Å². The van der Waals surface area contributed by atoms with Crippen LogP contribution in [0.3, 0.4) is 0 Å². The molecule has 0 unspecified atom stereocenters. The van der Waals surface area contributed by atoms with E-state index in [1.807, 2.05) is 34.1 Å². The molecule has 2 aliphatic heterocycles. The smallest absolute Gasteiger partial charge is 0.241 e. The Morgan fingerprint density at radius 2 is 1.54 bits per heavy atom. The summed E-state index contributed by atoms with van der Waals surface area (Å²) in [6.07, 6.45) is 7.58. The fourth-order valence-corrected chi connectivity index (χ4v) is 6.55. The fourth-order valence-electron chi connectivity index (χ4n) is 6.42. The van der Waals surface area contributed by atoms with Gasteiger partial charge in [-0.1, -0.05) is 56.8 Å². The van der Waals surface area contributed by atoms with Crippen molar-refractivity contribution in [1.82, 2.24) is 30.7 Å². The van der Waals surface area contributed by atoms with Crippen LogP contribution in [0.2, 0.25) is 5.02 Å². The number of rotatable bonds is 10. The summed E-state index contributed by atoms with van der Waals surface area (Å²) >= 11 is 6.10. The lowest BCUT2D eigenvalue weighted by atomic mass is 9.89. The van der Waals surface area contributed by atoms with Crippen LogP contribution in [0.15, 0.2) is 24.3 Å². The molecule has 228 valence electrons. The highest BCUT2D eigenvalue weighted by Gasteiger charge is 2.34. The Labute approximate surface area is 250 Å². The third kappa shape index (κ3) is 9.14. The summed E-state index contributed by atoms with van der Waals surface area (Å²) in [5.74, 6) is 0.682. The molecule has 3 aliphatic rings. The Hall–Kier alpha value is -2.20. The van der Waals surface area contributed by atoms with Gasteiger partial charge in [0.25, 0.3) is 0 Å². The predicted molar refractivity (Wildman–Crippen MR) is 162 cm³/mol. The SMILES string of the molecule is CC(=O)N1CCC(N(CC(C)C)N2CCN(C(=O)[C@@H](Cc3ccc(Cl)cc3)NNC(=O)C3CCCCC3)CC2)CC1. The van der Waals surface area contributed by atoms with Gasteiger partial charge in [-0.25, -0.2) is 15.4 Å². The molecule has 10 heteroatoms. The molecule has 2 saturated heterocycles. The van der Waals surface area contributed by atoms with E-state index in [2.05, 4.69) is 34.7 Å². The van der Waals surface area contributed by atoms with E-state index in [4.69, 9.17) is 11.6 Å². The average molecular weight is 589 g/mol. The average Bonchev–Trinajstić information content (AvgIpc) is 2.99. The third-order valence-electron chi connectivity index (χ3n) is 8.81. The molecule has 1 saturated carbocycles. The van der Waals surface area contributed by atoms with Gasteiger partial charge < -0.3 is 9.80 Å². The summed E-state index contributed by atoms with van der Waals surface area (Å²) in [5.41, 5.74) is 7.01. The highest BCUT2D eigenvalue weighted by molar-refractivity contribution is 6.30. The van der Waals surface area contributed by atoms with Gasteiger partial charge in [0.1, 0.15) is 6.04 Å². The number of carbonyl (C=O) groups excluding carboxylic acids is 3. The Morgan fingerprint density at radius 3 is 2.12 bits per heavy atom. The maximum atomic E-state index is 13.8. The first-order valence-electron chi connectivity index (χ1n) is 15.6. The van der Waals surface area contributed by atoms with Crippen LogP contribution < -0.4 is 10.9 Å². The monoisotopic (exact) mass is 588 g/mol. The van der Waals surface area contributed by atoms with Crippen LogP contribution in [0.25, 0.3) is 0 Å². The Balaban J connectivity index is 1.37. The number of hydrogen-bond acceptors (Lipinski definition) is 6. The molecule has 3 fully saturated rings. The number of hydrazine groups is 2. The quantitative estimate of drug-likeness (QED) is 0.407. The van der Waals surface area contributed by atoms with Crippen molar-refractivity contribution in [3.63, 3.8) is 0 Å². The lowest BCUT2D eigenvalue weighted by Crippen LogP contribution is -2.62. The van der Waals surface area contributed by atoms with Crippen LogP contribution in [0, 0.1) is 11.8 Å². The minimum Gasteiger partial charge on any atom is -0.343 e. The normalized spacial score (nSPS) is 20.4. The molecule has 0 spiro atoms. The summed E-state index contributed by atoms with van der Waals surface area (Å²) in [4.78, 5) is 42.4. The Morgan fingerprint density at radius 1 is 0.902 bits per heavy atom. The van der Waals surface area contributed by atoms with Crippen LogP contribution in [0.5, 0.6) is 0 Å². The maximum Gasteiger partial charge on any atom is 0.241 e. The zero-order valence-electron chi connectivity index (χ0n) is 25.1. The van der Waals surface area contributed by atoms with E-state index in [0.29, 0.717) is 36.5 Å². The van der Waals surface area contributed by atoms with Gasteiger partial charge in [0.15, 0.2) is 0 Å². The summed E-state index contributed by atoms with van der Waals surface area (Å²) < 4.78 is 0. The van der Waals surface area contributed by atoms with E-state index in [-0.39, 0.29) is 23.6 Å². The van der Waals surface area contributed by atoms with Crippen molar-refractivity contribution in [2.24, 2.45) is 11.8 Å². The van der Waals surface area contributed by atoms with E-state index >= 15 is 0 Å².